The second kappa shape index (κ2) is 9.52. The van der Waals surface area contributed by atoms with Gasteiger partial charge in [0.2, 0.25) is 5.78 Å². The van der Waals surface area contributed by atoms with Crippen LogP contribution in [0.1, 0.15) is 32.8 Å². The van der Waals surface area contributed by atoms with Gasteiger partial charge in [-0.05, 0) is 39.0 Å². The van der Waals surface area contributed by atoms with Crippen LogP contribution in [0, 0.1) is 33.5 Å². The summed E-state index contributed by atoms with van der Waals surface area (Å²) in [6.45, 7) is 7.42. The zero-order valence-electron chi connectivity index (χ0n) is 19.4. The van der Waals surface area contributed by atoms with E-state index in [-0.39, 0.29) is 5.82 Å². The van der Waals surface area contributed by atoms with Gasteiger partial charge in [-0.2, -0.15) is 0 Å². The van der Waals surface area contributed by atoms with Crippen LogP contribution >= 0.6 is 11.3 Å². The van der Waals surface area contributed by atoms with Crippen LogP contribution in [0.3, 0.4) is 0 Å². The lowest BCUT2D eigenvalue weighted by atomic mass is 10.1. The van der Waals surface area contributed by atoms with Gasteiger partial charge in [-0.3, -0.25) is 9.20 Å². The van der Waals surface area contributed by atoms with Crippen molar-refractivity contribution >= 4 is 29.1 Å². The van der Waals surface area contributed by atoms with Crippen LogP contribution in [0.2, 0.25) is 0 Å². The number of hydrogen-bond donors (Lipinski definition) is 1. The number of aromatic nitrogens is 5. The Morgan fingerprint density at radius 2 is 1.88 bits per heavy atom. The molecule has 34 heavy (non-hydrogen) atoms. The van der Waals surface area contributed by atoms with Crippen molar-refractivity contribution in [1.29, 1.82) is 0 Å². The van der Waals surface area contributed by atoms with Gasteiger partial charge in [0.15, 0.2) is 17.9 Å². The number of imidazole rings is 1. The van der Waals surface area contributed by atoms with Gasteiger partial charge in [0.1, 0.15) is 5.82 Å². The molecule has 0 amide bonds. The fraction of sp³-hybridized carbons (Fsp3) is 0.208. The lowest BCUT2D eigenvalue weighted by Gasteiger charge is -2.03. The van der Waals surface area contributed by atoms with Gasteiger partial charge >= 0.3 is 0 Å². The smallest absolute Gasteiger partial charge is 0.234 e. The highest BCUT2D eigenvalue weighted by molar-refractivity contribution is 7.15. The molecule has 0 radical (unpaired) electrons. The molecule has 0 saturated carbocycles. The van der Waals surface area contributed by atoms with Crippen molar-refractivity contribution in [3.05, 3.63) is 70.7 Å². The second-order valence-electron chi connectivity index (χ2n) is 7.57. The summed E-state index contributed by atoms with van der Waals surface area (Å²) in [5, 5.41) is 4.03. The fourth-order valence-electron chi connectivity index (χ4n) is 3.46. The van der Waals surface area contributed by atoms with Crippen molar-refractivity contribution in [2.75, 3.05) is 12.4 Å². The van der Waals surface area contributed by atoms with Crippen LogP contribution in [0.15, 0.2) is 41.2 Å². The molecule has 0 saturated heterocycles. The second-order valence-corrected chi connectivity index (χ2v) is 8.77. The zero-order chi connectivity index (χ0) is 24.4. The van der Waals surface area contributed by atoms with Crippen molar-refractivity contribution in [2.45, 2.75) is 27.7 Å². The number of nitrogens with one attached hydrogen (secondary N) is 1. The number of nitrogens with zero attached hydrogens (tertiary/aromatic N) is 5. The van der Waals surface area contributed by atoms with E-state index in [2.05, 4.69) is 25.3 Å². The number of halogens is 1. The highest BCUT2D eigenvalue weighted by Gasteiger charge is 2.13. The summed E-state index contributed by atoms with van der Waals surface area (Å²) < 4.78 is 20.9. The molecule has 8 nitrogen and oxygen atoms in total. The van der Waals surface area contributed by atoms with Gasteiger partial charge in [0.05, 0.1) is 27.0 Å². The number of anilines is 1. The van der Waals surface area contributed by atoms with Gasteiger partial charge in [0.25, 0.3) is 0 Å². The van der Waals surface area contributed by atoms with E-state index in [0.29, 0.717) is 40.7 Å². The summed E-state index contributed by atoms with van der Waals surface area (Å²) in [6, 6.07) is 4.88. The Balaban J connectivity index is 0.000000257. The molecule has 0 unspecified atom stereocenters. The molecule has 0 bridgehead atoms. The molecule has 5 rings (SSSR count). The van der Waals surface area contributed by atoms with Crippen LogP contribution in [-0.4, -0.2) is 37.7 Å². The topological polar surface area (TPSA) is 98.2 Å². The van der Waals surface area contributed by atoms with E-state index < -0.39 is 0 Å². The lowest BCUT2D eigenvalue weighted by molar-refractivity contribution is 0.109. The third-order valence-corrected chi connectivity index (χ3v) is 6.18. The number of hydrogen-bond acceptors (Lipinski definition) is 8. The maximum Gasteiger partial charge on any atom is 0.234 e. The molecule has 4 heterocycles. The minimum atomic E-state index is -0.309. The summed E-state index contributed by atoms with van der Waals surface area (Å²) in [4.78, 5) is 28.4. The number of aryl methyl sites for hydroxylation is 4. The number of benzene rings is 1. The van der Waals surface area contributed by atoms with Gasteiger partial charge in [0, 0.05) is 49.4 Å². The highest BCUT2D eigenvalue weighted by atomic mass is 32.1. The van der Waals surface area contributed by atoms with E-state index >= 15 is 0 Å². The molecular weight excluding hydrogens is 455 g/mol. The highest BCUT2D eigenvalue weighted by Crippen LogP contribution is 2.30. The molecule has 1 N–H and O–H groups in total. The fourth-order valence-corrected chi connectivity index (χ4v) is 4.36. The number of carbonyl (C=O) groups excluding carboxylic acids is 1. The zero-order valence-corrected chi connectivity index (χ0v) is 20.2. The van der Waals surface area contributed by atoms with E-state index in [9.17, 15) is 9.18 Å². The number of rotatable bonds is 4. The predicted molar refractivity (Wildman–Crippen MR) is 130 cm³/mol. The maximum atomic E-state index is 14.2. The van der Waals surface area contributed by atoms with E-state index in [1.54, 1.807) is 56.8 Å². The van der Waals surface area contributed by atoms with Crippen LogP contribution in [0.4, 0.5) is 10.1 Å². The van der Waals surface area contributed by atoms with Gasteiger partial charge in [-0.15, -0.1) is 11.3 Å². The molecule has 4 aromatic heterocycles. The number of aldehydes is 1. The first kappa shape index (κ1) is 23.2. The van der Waals surface area contributed by atoms with Crippen molar-refractivity contribution in [2.24, 2.45) is 0 Å². The van der Waals surface area contributed by atoms with E-state index in [1.807, 2.05) is 24.4 Å². The van der Waals surface area contributed by atoms with Gasteiger partial charge < -0.3 is 9.73 Å². The first-order chi connectivity index (χ1) is 16.3. The Morgan fingerprint density at radius 1 is 1.09 bits per heavy atom. The first-order valence-electron chi connectivity index (χ1n) is 10.4. The molecule has 0 spiro atoms. The normalized spacial score (nSPS) is 10.8. The molecule has 0 fully saturated rings. The average molecular weight is 479 g/mol. The largest absolute Gasteiger partial charge is 0.438 e. The molecule has 0 atom stereocenters. The van der Waals surface area contributed by atoms with Crippen molar-refractivity contribution in [3.63, 3.8) is 0 Å². The van der Waals surface area contributed by atoms with Crippen LogP contribution in [0.25, 0.3) is 27.5 Å². The standard InChI is InChI=1S/C18H16FN5S.C6H7NO2/c1-10-17(25-11(2)22-10)12-7-21-18-23-16(9-24(18)8-12)14-6-13(20-3)4-5-15(14)19;1-4-6(3-8)9-5(2)7-4/h4-9,20H,1-3H3;3H,1-2H3. The number of oxazole rings is 1. The third-order valence-electron chi connectivity index (χ3n) is 5.05. The minimum absolute atomic E-state index is 0.309. The molecule has 174 valence electrons. The van der Waals surface area contributed by atoms with E-state index in [0.717, 1.165) is 26.8 Å². The van der Waals surface area contributed by atoms with Crippen LogP contribution in [-0.2, 0) is 0 Å². The summed E-state index contributed by atoms with van der Waals surface area (Å²) in [5.41, 5.74) is 4.45. The average Bonchev–Trinajstić information content (AvgIpc) is 3.49. The molecular formula is C24H23FN6O2S. The summed E-state index contributed by atoms with van der Waals surface area (Å²) in [5.74, 6) is 1.09. The number of fused-ring (bicyclic) bond motifs is 1. The molecule has 1 aromatic carbocycles. The molecule has 10 heteroatoms. The van der Waals surface area contributed by atoms with E-state index in [4.69, 9.17) is 4.42 Å². The monoisotopic (exact) mass is 478 g/mol. The van der Waals surface area contributed by atoms with Crippen LogP contribution in [0.5, 0.6) is 0 Å². The molecule has 5 aromatic rings. The summed E-state index contributed by atoms with van der Waals surface area (Å²) in [7, 11) is 1.80. The maximum absolute atomic E-state index is 14.2. The molecule has 0 aliphatic carbocycles. The Bertz CT molecular complexity index is 1490. The van der Waals surface area contributed by atoms with Crippen molar-refractivity contribution in [3.8, 4) is 21.7 Å². The Labute approximate surface area is 199 Å². The lowest BCUT2D eigenvalue weighted by Crippen LogP contribution is -1.91. The third kappa shape index (κ3) is 4.72. The quantitative estimate of drug-likeness (QED) is 0.344. The first-order valence-corrected chi connectivity index (χ1v) is 11.3. The summed E-state index contributed by atoms with van der Waals surface area (Å²) in [6.07, 6.45) is 6.20. The van der Waals surface area contributed by atoms with Gasteiger partial charge in [-0.1, -0.05) is 0 Å². The van der Waals surface area contributed by atoms with Crippen LogP contribution < -0.4 is 5.32 Å². The minimum Gasteiger partial charge on any atom is -0.438 e. The number of carbonyl (C=O) groups is 1. The van der Waals surface area contributed by atoms with Crippen molar-refractivity contribution in [1.82, 2.24) is 24.3 Å². The summed E-state index contributed by atoms with van der Waals surface area (Å²) >= 11 is 1.63. The number of thiazole rings is 1. The Hall–Kier alpha value is -3.92. The van der Waals surface area contributed by atoms with E-state index in [1.165, 1.54) is 6.07 Å². The Kier molecular flexibility index (Phi) is 6.51. The van der Waals surface area contributed by atoms with Crippen molar-refractivity contribution < 1.29 is 13.6 Å². The molecule has 0 aliphatic rings. The SMILES string of the molecule is CNc1ccc(F)c(-c2cn3cc(-c4sc(C)nc4C)cnc3n2)c1.Cc1nc(C)c(C=O)o1. The molecule has 0 aliphatic heterocycles. The Morgan fingerprint density at radius 3 is 2.47 bits per heavy atom. The predicted octanol–water partition coefficient (Wildman–Crippen LogP) is 5.42. The van der Waals surface area contributed by atoms with Gasteiger partial charge in [-0.25, -0.2) is 24.3 Å².